The van der Waals surface area contributed by atoms with Gasteiger partial charge in [0.2, 0.25) is 0 Å². The van der Waals surface area contributed by atoms with E-state index in [9.17, 15) is 4.79 Å². The lowest BCUT2D eigenvalue weighted by atomic mass is 9.84. The van der Waals surface area contributed by atoms with Gasteiger partial charge in [-0.1, -0.05) is 38.3 Å². The van der Waals surface area contributed by atoms with Crippen molar-refractivity contribution in [2.24, 2.45) is 5.92 Å². The first-order valence-electron chi connectivity index (χ1n) is 6.79. The molecule has 3 nitrogen and oxygen atoms in total. The molecule has 1 aliphatic rings. The molecule has 3 heteroatoms. The second kappa shape index (κ2) is 5.89. The van der Waals surface area contributed by atoms with Crippen LogP contribution in [0.5, 0.6) is 0 Å². The van der Waals surface area contributed by atoms with E-state index < -0.39 is 5.97 Å². The zero-order valence-electron chi connectivity index (χ0n) is 10.9. The van der Waals surface area contributed by atoms with Crippen LogP contribution in [0.2, 0.25) is 0 Å². The van der Waals surface area contributed by atoms with E-state index in [4.69, 9.17) is 5.11 Å². The van der Waals surface area contributed by atoms with Crippen molar-refractivity contribution >= 4 is 11.7 Å². The smallest absolute Gasteiger partial charge is 0.337 e. The van der Waals surface area contributed by atoms with E-state index in [0.29, 0.717) is 11.6 Å². The molecule has 18 heavy (non-hydrogen) atoms. The molecular weight excluding hydrogens is 226 g/mol. The Morgan fingerprint density at radius 2 is 2.17 bits per heavy atom. The Labute approximate surface area is 108 Å². The maximum atomic E-state index is 11.1. The fourth-order valence-corrected chi connectivity index (χ4v) is 2.81. The maximum absolute atomic E-state index is 11.1. The number of rotatable bonds is 4. The Kier molecular flexibility index (Phi) is 4.24. The number of aromatic carboxylic acids is 1. The zero-order valence-corrected chi connectivity index (χ0v) is 10.9. The topological polar surface area (TPSA) is 49.3 Å². The summed E-state index contributed by atoms with van der Waals surface area (Å²) in [6, 6.07) is 7.59. The first-order valence-corrected chi connectivity index (χ1v) is 6.79. The van der Waals surface area contributed by atoms with Crippen LogP contribution in [0.1, 0.15) is 49.4 Å². The molecule has 0 saturated heterocycles. The van der Waals surface area contributed by atoms with Gasteiger partial charge >= 0.3 is 5.97 Å². The Bertz CT molecular complexity index is 417. The Morgan fingerprint density at radius 3 is 2.89 bits per heavy atom. The standard InChI is InChI=1S/C15H21NO2/c1-2-11-6-5-7-12(10-11)16-14-9-4-3-8-13(14)15(17)18/h3-4,8-9,11-12,16H,2,5-7,10H2,1H3,(H,17,18). The highest BCUT2D eigenvalue weighted by atomic mass is 16.4. The van der Waals surface area contributed by atoms with Gasteiger partial charge in [-0.2, -0.15) is 0 Å². The Balaban J connectivity index is 2.07. The van der Waals surface area contributed by atoms with E-state index in [2.05, 4.69) is 12.2 Å². The van der Waals surface area contributed by atoms with Crippen molar-refractivity contribution in [2.75, 3.05) is 5.32 Å². The van der Waals surface area contributed by atoms with E-state index >= 15 is 0 Å². The predicted octanol–water partition coefficient (Wildman–Crippen LogP) is 3.77. The van der Waals surface area contributed by atoms with Crippen LogP contribution in [0, 0.1) is 5.92 Å². The zero-order chi connectivity index (χ0) is 13.0. The van der Waals surface area contributed by atoms with Crippen LogP contribution in [0.25, 0.3) is 0 Å². The van der Waals surface area contributed by atoms with Gasteiger partial charge < -0.3 is 10.4 Å². The lowest BCUT2D eigenvalue weighted by Gasteiger charge is -2.30. The van der Waals surface area contributed by atoms with Gasteiger partial charge in [0, 0.05) is 11.7 Å². The van der Waals surface area contributed by atoms with Crippen LogP contribution < -0.4 is 5.32 Å². The number of nitrogens with one attached hydrogen (secondary N) is 1. The number of anilines is 1. The van der Waals surface area contributed by atoms with Crippen molar-refractivity contribution in [1.29, 1.82) is 0 Å². The average molecular weight is 247 g/mol. The molecule has 0 aliphatic heterocycles. The fraction of sp³-hybridized carbons (Fsp3) is 0.533. The summed E-state index contributed by atoms with van der Waals surface area (Å²) in [6.07, 6.45) is 6.08. The molecule has 2 atom stereocenters. The van der Waals surface area contributed by atoms with E-state index in [1.54, 1.807) is 12.1 Å². The van der Waals surface area contributed by atoms with Crippen LogP contribution in [-0.4, -0.2) is 17.1 Å². The van der Waals surface area contributed by atoms with Crippen LogP contribution in [-0.2, 0) is 0 Å². The number of carboxylic acids is 1. The first kappa shape index (κ1) is 12.9. The van der Waals surface area contributed by atoms with E-state index in [1.165, 1.54) is 19.3 Å². The summed E-state index contributed by atoms with van der Waals surface area (Å²) >= 11 is 0. The van der Waals surface area contributed by atoms with Gasteiger partial charge in [-0.3, -0.25) is 0 Å². The summed E-state index contributed by atoms with van der Waals surface area (Å²) in [6.45, 7) is 2.23. The number of hydrogen-bond donors (Lipinski definition) is 2. The van der Waals surface area contributed by atoms with Crippen molar-refractivity contribution < 1.29 is 9.90 Å². The summed E-state index contributed by atoms with van der Waals surface area (Å²) in [5.41, 5.74) is 1.13. The SMILES string of the molecule is CCC1CCCC(Nc2ccccc2C(=O)O)C1. The number of hydrogen-bond acceptors (Lipinski definition) is 2. The molecule has 0 aromatic heterocycles. The van der Waals surface area contributed by atoms with Gasteiger partial charge in [0.15, 0.2) is 0 Å². The van der Waals surface area contributed by atoms with E-state index in [0.717, 1.165) is 24.4 Å². The molecule has 1 aliphatic carbocycles. The number of carboxylic acid groups (broad SMARTS) is 1. The molecule has 98 valence electrons. The third kappa shape index (κ3) is 3.03. The molecule has 0 spiro atoms. The van der Waals surface area contributed by atoms with Gasteiger partial charge in [0.05, 0.1) is 5.56 Å². The number of para-hydroxylation sites is 1. The van der Waals surface area contributed by atoms with Crippen molar-refractivity contribution in [2.45, 2.75) is 45.1 Å². The van der Waals surface area contributed by atoms with E-state index in [1.807, 2.05) is 12.1 Å². The molecule has 0 bridgehead atoms. The Hall–Kier alpha value is -1.51. The molecule has 1 saturated carbocycles. The van der Waals surface area contributed by atoms with Gasteiger partial charge in [-0.25, -0.2) is 4.79 Å². The lowest BCUT2D eigenvalue weighted by Crippen LogP contribution is -2.27. The minimum Gasteiger partial charge on any atom is -0.478 e. The van der Waals surface area contributed by atoms with E-state index in [-0.39, 0.29) is 0 Å². The summed E-state index contributed by atoms with van der Waals surface area (Å²) in [5, 5.41) is 12.6. The summed E-state index contributed by atoms with van der Waals surface area (Å²) < 4.78 is 0. The third-order valence-electron chi connectivity index (χ3n) is 3.88. The molecule has 0 radical (unpaired) electrons. The van der Waals surface area contributed by atoms with Gasteiger partial charge in [0.1, 0.15) is 0 Å². The summed E-state index contributed by atoms with van der Waals surface area (Å²) in [7, 11) is 0. The molecule has 0 heterocycles. The largest absolute Gasteiger partial charge is 0.478 e. The van der Waals surface area contributed by atoms with Crippen LogP contribution in [0.15, 0.2) is 24.3 Å². The van der Waals surface area contributed by atoms with Crippen LogP contribution in [0.3, 0.4) is 0 Å². The minimum atomic E-state index is -0.860. The number of carbonyl (C=O) groups is 1. The molecule has 2 unspecified atom stereocenters. The van der Waals surface area contributed by atoms with Crippen LogP contribution in [0.4, 0.5) is 5.69 Å². The minimum absolute atomic E-state index is 0.371. The molecule has 1 aromatic carbocycles. The highest BCUT2D eigenvalue weighted by Crippen LogP contribution is 2.29. The van der Waals surface area contributed by atoms with Crippen molar-refractivity contribution in [3.05, 3.63) is 29.8 Å². The second-order valence-corrected chi connectivity index (χ2v) is 5.13. The molecule has 0 amide bonds. The highest BCUT2D eigenvalue weighted by molar-refractivity contribution is 5.94. The molecule has 1 aromatic rings. The third-order valence-corrected chi connectivity index (χ3v) is 3.88. The molecule has 1 fully saturated rings. The van der Waals surface area contributed by atoms with Crippen LogP contribution >= 0.6 is 0 Å². The van der Waals surface area contributed by atoms with Gasteiger partial charge in [-0.15, -0.1) is 0 Å². The van der Waals surface area contributed by atoms with Gasteiger partial charge in [-0.05, 0) is 30.9 Å². The lowest BCUT2D eigenvalue weighted by molar-refractivity contribution is 0.0698. The van der Waals surface area contributed by atoms with Crippen molar-refractivity contribution in [3.63, 3.8) is 0 Å². The fourth-order valence-electron chi connectivity index (χ4n) is 2.81. The predicted molar refractivity (Wildman–Crippen MR) is 73.1 cm³/mol. The summed E-state index contributed by atoms with van der Waals surface area (Å²) in [5.74, 6) is -0.0748. The maximum Gasteiger partial charge on any atom is 0.337 e. The monoisotopic (exact) mass is 247 g/mol. The van der Waals surface area contributed by atoms with Crippen molar-refractivity contribution in [1.82, 2.24) is 0 Å². The normalized spacial score (nSPS) is 23.6. The second-order valence-electron chi connectivity index (χ2n) is 5.13. The number of benzene rings is 1. The highest BCUT2D eigenvalue weighted by Gasteiger charge is 2.21. The molecule has 2 N–H and O–H groups in total. The first-order chi connectivity index (χ1) is 8.70. The van der Waals surface area contributed by atoms with Crippen molar-refractivity contribution in [3.8, 4) is 0 Å². The average Bonchev–Trinajstić information content (AvgIpc) is 2.39. The molecule has 2 rings (SSSR count). The molecular formula is C15H21NO2. The van der Waals surface area contributed by atoms with Gasteiger partial charge in [0.25, 0.3) is 0 Å². The Morgan fingerprint density at radius 1 is 1.39 bits per heavy atom. The summed E-state index contributed by atoms with van der Waals surface area (Å²) in [4.78, 5) is 11.1. The quantitative estimate of drug-likeness (QED) is 0.851.